The fourth-order valence-electron chi connectivity index (χ4n) is 3.28. The molecular weight excluding hydrogens is 508 g/mol. The van der Waals surface area contributed by atoms with Gasteiger partial charge < -0.3 is 10.6 Å². The normalized spacial score (nSPS) is 20.9. The highest BCUT2D eigenvalue weighted by Crippen LogP contribution is 2.23. The first-order chi connectivity index (χ1) is 13.1. The van der Waals surface area contributed by atoms with Crippen LogP contribution in [0.4, 0.5) is 4.39 Å². The van der Waals surface area contributed by atoms with Gasteiger partial charge in [-0.25, -0.2) is 4.39 Å². The molecule has 0 bridgehead atoms. The first kappa shape index (κ1) is 25.7. The first-order valence-electron chi connectivity index (χ1n) is 9.87. The van der Waals surface area contributed by atoms with Crippen molar-refractivity contribution in [1.29, 1.82) is 0 Å². The molecule has 1 fully saturated rings. The number of rotatable bonds is 9. The lowest BCUT2D eigenvalue weighted by atomic mass is 9.95. The maximum Gasteiger partial charge on any atom is 0.191 e. The molecule has 160 valence electrons. The summed E-state index contributed by atoms with van der Waals surface area (Å²) >= 11 is 1.69. The number of thioether (sulfide) groups is 1. The van der Waals surface area contributed by atoms with Crippen molar-refractivity contribution in [2.24, 2.45) is 4.99 Å². The molecule has 2 N–H and O–H groups in total. The topological polar surface area (TPSA) is 53.5 Å². The molecule has 2 rings (SSSR count). The molecular formula is C20H33FIN3OS2. The smallest absolute Gasteiger partial charge is 0.191 e. The van der Waals surface area contributed by atoms with E-state index in [1.54, 1.807) is 17.8 Å². The van der Waals surface area contributed by atoms with Crippen LogP contribution >= 0.6 is 35.7 Å². The highest BCUT2D eigenvalue weighted by atomic mass is 127. The SMILES string of the molecule is CCNC(=NCCSCc1ccccc1F)NC1CCCC(S(=O)CC)C1.I. The number of benzene rings is 1. The monoisotopic (exact) mass is 541 g/mol. The minimum atomic E-state index is -0.715. The number of guanidine groups is 1. The highest BCUT2D eigenvalue weighted by Gasteiger charge is 2.25. The van der Waals surface area contributed by atoms with Crippen LogP contribution in [0.3, 0.4) is 0 Å². The van der Waals surface area contributed by atoms with E-state index in [1.807, 2.05) is 19.1 Å². The van der Waals surface area contributed by atoms with Crippen molar-refractivity contribution in [3.05, 3.63) is 35.6 Å². The van der Waals surface area contributed by atoms with Crippen molar-refractivity contribution >= 4 is 52.5 Å². The second kappa shape index (κ2) is 14.6. The van der Waals surface area contributed by atoms with Crippen molar-refractivity contribution in [2.45, 2.75) is 56.6 Å². The first-order valence-corrected chi connectivity index (χ1v) is 12.4. The number of hydrogen-bond donors (Lipinski definition) is 2. The predicted octanol–water partition coefficient (Wildman–Crippen LogP) is 4.31. The van der Waals surface area contributed by atoms with E-state index in [4.69, 9.17) is 0 Å². The summed E-state index contributed by atoms with van der Waals surface area (Å²) < 4.78 is 25.7. The van der Waals surface area contributed by atoms with Crippen molar-refractivity contribution in [2.75, 3.05) is 24.6 Å². The Morgan fingerprint density at radius 2 is 2.11 bits per heavy atom. The summed E-state index contributed by atoms with van der Waals surface area (Å²) in [6.45, 7) is 5.55. The Morgan fingerprint density at radius 3 is 2.82 bits per heavy atom. The lowest BCUT2D eigenvalue weighted by Gasteiger charge is -2.30. The molecule has 0 amide bonds. The van der Waals surface area contributed by atoms with Gasteiger partial charge in [0.25, 0.3) is 0 Å². The average Bonchev–Trinajstić information content (AvgIpc) is 2.68. The van der Waals surface area contributed by atoms with Crippen molar-refractivity contribution in [3.63, 3.8) is 0 Å². The van der Waals surface area contributed by atoms with Gasteiger partial charge in [-0.15, -0.1) is 24.0 Å². The number of aliphatic imine (C=N–C) groups is 1. The number of nitrogens with zero attached hydrogens (tertiary/aromatic N) is 1. The third kappa shape index (κ3) is 8.98. The molecule has 0 saturated heterocycles. The van der Waals surface area contributed by atoms with Crippen molar-refractivity contribution < 1.29 is 8.60 Å². The Balaban J connectivity index is 0.00000392. The molecule has 1 aromatic rings. The Bertz CT molecular complexity index is 633. The quantitative estimate of drug-likeness (QED) is 0.212. The molecule has 0 radical (unpaired) electrons. The molecule has 0 aromatic heterocycles. The molecule has 28 heavy (non-hydrogen) atoms. The molecule has 3 unspecified atom stereocenters. The predicted molar refractivity (Wildman–Crippen MR) is 132 cm³/mol. The summed E-state index contributed by atoms with van der Waals surface area (Å²) in [5.41, 5.74) is 0.744. The zero-order valence-corrected chi connectivity index (χ0v) is 20.7. The van der Waals surface area contributed by atoms with Gasteiger partial charge in [0.1, 0.15) is 5.82 Å². The Morgan fingerprint density at radius 1 is 1.32 bits per heavy atom. The Labute approximate surface area is 192 Å². The second-order valence-corrected chi connectivity index (χ2v) is 9.81. The van der Waals surface area contributed by atoms with Crippen LogP contribution in [0.25, 0.3) is 0 Å². The van der Waals surface area contributed by atoms with Crippen LogP contribution in [0.2, 0.25) is 0 Å². The Kier molecular flexibility index (Phi) is 13.4. The van der Waals surface area contributed by atoms with Crippen LogP contribution < -0.4 is 10.6 Å². The Hall–Kier alpha value is -0.350. The van der Waals surface area contributed by atoms with Gasteiger partial charge >= 0.3 is 0 Å². The van der Waals surface area contributed by atoms with Gasteiger partial charge in [-0.05, 0) is 37.8 Å². The number of hydrogen-bond acceptors (Lipinski definition) is 3. The molecule has 4 nitrogen and oxygen atoms in total. The standard InChI is InChI=1S/C20H32FN3OS2.HI/c1-3-22-20(24-17-9-7-10-18(14-17)27(25)4-2)23-12-13-26-15-16-8-5-6-11-19(16)21;/h5-6,8,11,17-18H,3-4,7,9-10,12-15H2,1-2H3,(H2,22,23,24);1H. The maximum atomic E-state index is 13.6. The van der Waals surface area contributed by atoms with Gasteiger partial charge in [0, 0.05) is 45.9 Å². The van der Waals surface area contributed by atoms with E-state index >= 15 is 0 Å². The van der Waals surface area contributed by atoms with E-state index in [2.05, 4.69) is 22.5 Å². The highest BCUT2D eigenvalue weighted by molar-refractivity contribution is 14.0. The zero-order valence-electron chi connectivity index (χ0n) is 16.8. The second-order valence-electron chi connectivity index (χ2n) is 6.70. The van der Waals surface area contributed by atoms with E-state index in [0.29, 0.717) is 23.6 Å². The van der Waals surface area contributed by atoms with Crippen molar-refractivity contribution in [3.8, 4) is 0 Å². The molecule has 1 aliphatic rings. The van der Waals surface area contributed by atoms with E-state index in [0.717, 1.165) is 55.3 Å². The lowest BCUT2D eigenvalue weighted by molar-refractivity contribution is 0.413. The summed E-state index contributed by atoms with van der Waals surface area (Å²) in [5.74, 6) is 2.94. The molecule has 1 aliphatic carbocycles. The van der Waals surface area contributed by atoms with Gasteiger partial charge in [-0.3, -0.25) is 9.20 Å². The maximum absolute atomic E-state index is 13.6. The van der Waals surface area contributed by atoms with Gasteiger partial charge in [0.05, 0.1) is 6.54 Å². The van der Waals surface area contributed by atoms with E-state index in [-0.39, 0.29) is 29.8 Å². The lowest BCUT2D eigenvalue weighted by Crippen LogP contribution is -2.46. The van der Waals surface area contributed by atoms with E-state index < -0.39 is 10.8 Å². The van der Waals surface area contributed by atoms with Gasteiger partial charge in [-0.1, -0.05) is 31.5 Å². The van der Waals surface area contributed by atoms with E-state index in [1.165, 1.54) is 6.07 Å². The minimum absolute atomic E-state index is 0. The van der Waals surface area contributed by atoms with Crippen LogP contribution in [-0.2, 0) is 16.6 Å². The van der Waals surface area contributed by atoms with Crippen molar-refractivity contribution in [1.82, 2.24) is 10.6 Å². The largest absolute Gasteiger partial charge is 0.357 e. The summed E-state index contributed by atoms with van der Waals surface area (Å²) in [7, 11) is -0.715. The minimum Gasteiger partial charge on any atom is -0.357 e. The molecule has 1 aromatic carbocycles. The molecule has 0 spiro atoms. The van der Waals surface area contributed by atoms with Crippen LogP contribution in [0.1, 0.15) is 45.1 Å². The zero-order chi connectivity index (χ0) is 19.5. The molecule has 1 saturated carbocycles. The average molecular weight is 542 g/mol. The summed E-state index contributed by atoms with van der Waals surface area (Å²) in [5, 5.41) is 7.12. The summed E-state index contributed by atoms with van der Waals surface area (Å²) in [6.07, 6.45) is 4.24. The van der Waals surface area contributed by atoms with Crippen LogP contribution in [0.15, 0.2) is 29.3 Å². The van der Waals surface area contributed by atoms with Gasteiger partial charge in [0.2, 0.25) is 0 Å². The van der Waals surface area contributed by atoms with Gasteiger partial charge in [0.15, 0.2) is 5.96 Å². The number of nitrogens with one attached hydrogen (secondary N) is 2. The van der Waals surface area contributed by atoms with Crippen LogP contribution in [0, 0.1) is 5.82 Å². The molecule has 8 heteroatoms. The van der Waals surface area contributed by atoms with Crippen LogP contribution in [-0.4, -0.2) is 46.1 Å². The van der Waals surface area contributed by atoms with Gasteiger partial charge in [-0.2, -0.15) is 11.8 Å². The third-order valence-electron chi connectivity index (χ3n) is 4.69. The molecule has 0 heterocycles. The number of halogens is 2. The fraction of sp³-hybridized carbons (Fsp3) is 0.650. The van der Waals surface area contributed by atoms with E-state index in [9.17, 15) is 8.60 Å². The molecule has 3 atom stereocenters. The molecule has 0 aliphatic heterocycles. The van der Waals surface area contributed by atoms with Crippen LogP contribution in [0.5, 0.6) is 0 Å². The third-order valence-corrected chi connectivity index (χ3v) is 7.42. The fourth-order valence-corrected chi connectivity index (χ4v) is 5.45. The summed E-state index contributed by atoms with van der Waals surface area (Å²) in [4.78, 5) is 4.66. The summed E-state index contributed by atoms with van der Waals surface area (Å²) in [6, 6.07) is 7.26.